The molecule has 0 unspecified atom stereocenters. The Morgan fingerprint density at radius 2 is 2.12 bits per heavy atom. The molecule has 0 aliphatic carbocycles. The quantitative estimate of drug-likeness (QED) is 0.588. The molecule has 2 rings (SSSR count). The lowest BCUT2D eigenvalue weighted by Gasteiger charge is -2.10. The number of carboxylic acid groups (broad SMARTS) is 1. The van der Waals surface area contributed by atoms with Gasteiger partial charge in [0.05, 0.1) is 29.6 Å². The predicted molar refractivity (Wildman–Crippen MR) is 91.4 cm³/mol. The third-order valence-corrected chi connectivity index (χ3v) is 4.76. The summed E-state index contributed by atoms with van der Waals surface area (Å²) < 4.78 is 7.72. The van der Waals surface area contributed by atoms with Crippen molar-refractivity contribution in [1.29, 1.82) is 0 Å². The van der Waals surface area contributed by atoms with Gasteiger partial charge in [0.1, 0.15) is 4.83 Å². The fourth-order valence-corrected chi connectivity index (χ4v) is 3.53. The first-order chi connectivity index (χ1) is 11.4. The number of fused-ring (bicyclic) bond motifs is 1. The Labute approximate surface area is 140 Å². The van der Waals surface area contributed by atoms with Crippen LogP contribution in [0, 0.1) is 6.92 Å². The summed E-state index contributed by atoms with van der Waals surface area (Å²) in [6.45, 7) is 4.39. The van der Waals surface area contributed by atoms with Crippen LogP contribution in [0.15, 0.2) is 14.7 Å². The maximum absolute atomic E-state index is 12.6. The number of amides is 1. The molecule has 2 aromatic rings. The van der Waals surface area contributed by atoms with Crippen LogP contribution in [0.25, 0.3) is 10.2 Å². The summed E-state index contributed by atoms with van der Waals surface area (Å²) in [7, 11) is 1.54. The van der Waals surface area contributed by atoms with E-state index in [1.807, 2.05) is 5.43 Å². The molecule has 0 fully saturated rings. The predicted octanol–water partition coefficient (Wildman–Crippen LogP) is 0.801. The standard InChI is InChI=1S/C14H18N4O5S/c1-4-17-11(19)10-8(2)9(7-15-16-13(20)21)24-12(10)18(14(17)22)5-6-23-3/h7,16H,4-6H2,1-3H3,(H,20,21). The van der Waals surface area contributed by atoms with Gasteiger partial charge < -0.3 is 9.84 Å². The van der Waals surface area contributed by atoms with Gasteiger partial charge in [0.15, 0.2) is 0 Å². The van der Waals surface area contributed by atoms with E-state index < -0.39 is 6.09 Å². The van der Waals surface area contributed by atoms with Gasteiger partial charge in [-0.25, -0.2) is 15.0 Å². The monoisotopic (exact) mass is 354 g/mol. The van der Waals surface area contributed by atoms with E-state index >= 15 is 0 Å². The average molecular weight is 354 g/mol. The van der Waals surface area contributed by atoms with Crippen molar-refractivity contribution in [3.63, 3.8) is 0 Å². The Hall–Kier alpha value is -2.46. The molecule has 0 aliphatic rings. The largest absolute Gasteiger partial charge is 0.464 e. The van der Waals surface area contributed by atoms with Gasteiger partial charge in [-0.1, -0.05) is 0 Å². The van der Waals surface area contributed by atoms with Crippen molar-refractivity contribution in [2.45, 2.75) is 26.9 Å². The smallest absolute Gasteiger partial charge is 0.425 e. The molecule has 130 valence electrons. The van der Waals surface area contributed by atoms with Gasteiger partial charge in [0, 0.05) is 13.7 Å². The second kappa shape index (κ2) is 7.41. The number of hydrazone groups is 1. The number of hydrogen-bond donors (Lipinski definition) is 2. The van der Waals surface area contributed by atoms with Crippen molar-refractivity contribution in [2.24, 2.45) is 5.10 Å². The molecule has 0 radical (unpaired) electrons. The molecule has 0 bridgehead atoms. The van der Waals surface area contributed by atoms with E-state index in [4.69, 9.17) is 9.84 Å². The van der Waals surface area contributed by atoms with Gasteiger partial charge >= 0.3 is 11.8 Å². The van der Waals surface area contributed by atoms with E-state index in [0.29, 0.717) is 33.8 Å². The third-order valence-electron chi connectivity index (χ3n) is 3.51. The molecule has 2 heterocycles. The van der Waals surface area contributed by atoms with Crippen LogP contribution in [0.3, 0.4) is 0 Å². The lowest BCUT2D eigenvalue weighted by Crippen LogP contribution is -2.39. The van der Waals surface area contributed by atoms with E-state index in [-0.39, 0.29) is 17.8 Å². The Morgan fingerprint density at radius 3 is 2.71 bits per heavy atom. The number of ether oxygens (including phenoxy) is 1. The lowest BCUT2D eigenvalue weighted by atomic mass is 10.2. The summed E-state index contributed by atoms with van der Waals surface area (Å²) in [6.07, 6.45) is 0.0463. The van der Waals surface area contributed by atoms with Crippen molar-refractivity contribution < 1.29 is 14.6 Å². The average Bonchev–Trinajstić information content (AvgIpc) is 2.84. The fraction of sp³-hybridized carbons (Fsp3) is 0.429. The van der Waals surface area contributed by atoms with Crippen LogP contribution < -0.4 is 16.7 Å². The highest BCUT2D eigenvalue weighted by molar-refractivity contribution is 7.20. The molecular weight excluding hydrogens is 336 g/mol. The summed E-state index contributed by atoms with van der Waals surface area (Å²) in [5.74, 6) is 0. The number of carbonyl (C=O) groups is 1. The van der Waals surface area contributed by atoms with E-state index in [2.05, 4.69) is 5.10 Å². The van der Waals surface area contributed by atoms with E-state index in [9.17, 15) is 14.4 Å². The zero-order valence-electron chi connectivity index (χ0n) is 13.5. The number of methoxy groups -OCH3 is 1. The van der Waals surface area contributed by atoms with Crippen LogP contribution in [-0.4, -0.2) is 40.3 Å². The summed E-state index contributed by atoms with van der Waals surface area (Å²) in [5, 5.41) is 12.6. The fourth-order valence-electron chi connectivity index (χ4n) is 2.34. The molecule has 2 aromatic heterocycles. The van der Waals surface area contributed by atoms with Gasteiger partial charge in [-0.05, 0) is 19.4 Å². The first-order valence-corrected chi connectivity index (χ1v) is 8.01. The molecule has 9 nitrogen and oxygen atoms in total. The highest BCUT2D eigenvalue weighted by atomic mass is 32.1. The lowest BCUT2D eigenvalue weighted by molar-refractivity contribution is 0.186. The van der Waals surface area contributed by atoms with Crippen molar-refractivity contribution >= 4 is 33.9 Å². The van der Waals surface area contributed by atoms with Gasteiger partial charge in [0.25, 0.3) is 5.56 Å². The first-order valence-electron chi connectivity index (χ1n) is 7.20. The summed E-state index contributed by atoms with van der Waals surface area (Å²) in [6, 6.07) is 0. The summed E-state index contributed by atoms with van der Waals surface area (Å²) >= 11 is 1.21. The minimum Gasteiger partial charge on any atom is -0.464 e. The molecular formula is C14H18N4O5S. The van der Waals surface area contributed by atoms with Crippen molar-refractivity contribution in [3.8, 4) is 0 Å². The van der Waals surface area contributed by atoms with E-state index in [0.717, 1.165) is 0 Å². The number of thiophene rings is 1. The van der Waals surface area contributed by atoms with Crippen LogP contribution in [0.2, 0.25) is 0 Å². The Balaban J connectivity index is 2.71. The van der Waals surface area contributed by atoms with E-state index in [1.54, 1.807) is 13.8 Å². The zero-order chi connectivity index (χ0) is 17.9. The number of hydrogen-bond acceptors (Lipinski definition) is 6. The molecule has 2 N–H and O–H groups in total. The van der Waals surface area contributed by atoms with Crippen molar-refractivity contribution in [2.75, 3.05) is 13.7 Å². The second-order valence-electron chi connectivity index (χ2n) is 4.92. The maximum atomic E-state index is 12.6. The Kier molecular flexibility index (Phi) is 5.52. The molecule has 0 atom stereocenters. The summed E-state index contributed by atoms with van der Waals surface area (Å²) in [4.78, 5) is 36.7. The number of aromatic nitrogens is 2. The van der Waals surface area contributed by atoms with Crippen LogP contribution in [-0.2, 0) is 17.8 Å². The minimum absolute atomic E-state index is 0.264. The van der Waals surface area contributed by atoms with Gasteiger partial charge in [0.2, 0.25) is 0 Å². The molecule has 0 saturated carbocycles. The topological polar surface area (TPSA) is 115 Å². The minimum atomic E-state index is -1.28. The first kappa shape index (κ1) is 17.9. The molecule has 24 heavy (non-hydrogen) atoms. The maximum Gasteiger partial charge on any atom is 0.425 e. The molecule has 0 aromatic carbocycles. The van der Waals surface area contributed by atoms with Crippen LogP contribution >= 0.6 is 11.3 Å². The molecule has 0 spiro atoms. The van der Waals surface area contributed by atoms with Gasteiger partial charge in [-0.3, -0.25) is 13.9 Å². The number of nitrogens with zero attached hydrogens (tertiary/aromatic N) is 3. The SMILES string of the molecule is CCn1c(=O)c2c(C)c(C=NNC(=O)O)sc2n(CCOC)c1=O. The van der Waals surface area contributed by atoms with Crippen LogP contribution in [0.1, 0.15) is 17.4 Å². The second-order valence-corrected chi connectivity index (χ2v) is 5.95. The Morgan fingerprint density at radius 1 is 1.42 bits per heavy atom. The number of nitrogens with one attached hydrogen (secondary N) is 1. The normalized spacial score (nSPS) is 11.5. The van der Waals surface area contributed by atoms with Gasteiger partial charge in [-0.2, -0.15) is 5.10 Å². The molecule has 10 heteroatoms. The summed E-state index contributed by atoms with van der Waals surface area (Å²) in [5.41, 5.74) is 1.80. The van der Waals surface area contributed by atoms with Crippen molar-refractivity contribution in [3.05, 3.63) is 31.3 Å². The third kappa shape index (κ3) is 3.24. The van der Waals surface area contributed by atoms with Crippen LogP contribution in [0.4, 0.5) is 4.79 Å². The highest BCUT2D eigenvalue weighted by Crippen LogP contribution is 2.26. The zero-order valence-corrected chi connectivity index (χ0v) is 14.3. The molecule has 1 amide bonds. The number of rotatable bonds is 6. The highest BCUT2D eigenvalue weighted by Gasteiger charge is 2.18. The van der Waals surface area contributed by atoms with Crippen molar-refractivity contribution in [1.82, 2.24) is 14.6 Å². The van der Waals surface area contributed by atoms with E-state index in [1.165, 1.54) is 33.8 Å². The van der Waals surface area contributed by atoms with Gasteiger partial charge in [-0.15, -0.1) is 11.3 Å². The van der Waals surface area contributed by atoms with Crippen LogP contribution in [0.5, 0.6) is 0 Å². The Bertz CT molecular complexity index is 908. The number of aryl methyl sites for hydroxylation is 1. The molecule has 0 saturated heterocycles. The molecule has 0 aliphatic heterocycles.